The first kappa shape index (κ1) is 17.4. The molecule has 0 unspecified atom stereocenters. The van der Waals surface area contributed by atoms with Gasteiger partial charge < -0.3 is 5.32 Å². The normalized spacial score (nSPS) is 10.3. The molecule has 0 aliphatic rings. The Kier molecular flexibility index (Phi) is 7.15. The number of thiocarbonyl (C=S) groups is 1. The fourth-order valence-corrected chi connectivity index (χ4v) is 1.94. The number of benzene rings is 1. The van der Waals surface area contributed by atoms with E-state index in [1.54, 1.807) is 0 Å². The average molecular weight is 307 g/mol. The molecule has 3 N–H and O–H groups in total. The van der Waals surface area contributed by atoms with Crippen molar-refractivity contribution in [3.8, 4) is 0 Å². The molecule has 0 aromatic heterocycles. The maximum Gasteiger partial charge on any atom is 0.242 e. The minimum absolute atomic E-state index is 0.105. The number of rotatable bonds is 5. The van der Waals surface area contributed by atoms with Crippen LogP contribution in [0.3, 0.4) is 0 Å². The lowest BCUT2D eigenvalue weighted by atomic mass is 10.0. The number of carbonyl (C=O) groups is 1. The lowest BCUT2D eigenvalue weighted by Gasteiger charge is -2.12. The van der Waals surface area contributed by atoms with E-state index in [0.29, 0.717) is 17.5 Å². The monoisotopic (exact) mass is 307 g/mol. The van der Waals surface area contributed by atoms with E-state index < -0.39 is 0 Å². The summed E-state index contributed by atoms with van der Waals surface area (Å²) in [5.41, 5.74) is 8.75. The zero-order valence-electron chi connectivity index (χ0n) is 13.2. The number of hydrogen-bond donors (Lipinski definition) is 3. The van der Waals surface area contributed by atoms with Crippen LogP contribution in [0.1, 0.15) is 37.0 Å². The SMILES string of the molecule is Cc1ccc(CC(=O)NNC(=S)NCCC(C)C)cc1C. The maximum absolute atomic E-state index is 11.8. The Morgan fingerprint density at radius 3 is 2.52 bits per heavy atom. The zero-order chi connectivity index (χ0) is 15.8. The van der Waals surface area contributed by atoms with Crippen LogP contribution in [0.4, 0.5) is 0 Å². The number of hydrogen-bond acceptors (Lipinski definition) is 2. The topological polar surface area (TPSA) is 53.2 Å². The second-order valence-electron chi connectivity index (χ2n) is 5.71. The van der Waals surface area contributed by atoms with Gasteiger partial charge in [0.2, 0.25) is 5.91 Å². The Balaban J connectivity index is 2.30. The minimum Gasteiger partial charge on any atom is -0.361 e. The number of aryl methyl sites for hydroxylation is 2. The Labute approximate surface area is 132 Å². The summed E-state index contributed by atoms with van der Waals surface area (Å²) in [4.78, 5) is 11.8. The van der Waals surface area contributed by atoms with Gasteiger partial charge in [-0.25, -0.2) is 0 Å². The third-order valence-corrected chi connectivity index (χ3v) is 3.51. The molecule has 1 aromatic carbocycles. The van der Waals surface area contributed by atoms with Crippen LogP contribution in [0, 0.1) is 19.8 Å². The zero-order valence-corrected chi connectivity index (χ0v) is 14.1. The fourth-order valence-electron chi connectivity index (χ4n) is 1.79. The molecule has 4 nitrogen and oxygen atoms in total. The van der Waals surface area contributed by atoms with Crippen molar-refractivity contribution < 1.29 is 4.79 Å². The first-order valence-electron chi connectivity index (χ1n) is 7.27. The molecule has 1 rings (SSSR count). The van der Waals surface area contributed by atoms with Gasteiger partial charge in [0.05, 0.1) is 6.42 Å². The van der Waals surface area contributed by atoms with E-state index in [-0.39, 0.29) is 5.91 Å². The van der Waals surface area contributed by atoms with E-state index in [1.165, 1.54) is 11.1 Å². The van der Waals surface area contributed by atoms with Gasteiger partial charge in [-0.15, -0.1) is 0 Å². The third kappa shape index (κ3) is 7.09. The summed E-state index contributed by atoms with van der Waals surface area (Å²) in [6, 6.07) is 6.04. The molecule has 0 atom stereocenters. The van der Waals surface area contributed by atoms with Gasteiger partial charge in [0.25, 0.3) is 0 Å². The molecule has 1 amide bonds. The van der Waals surface area contributed by atoms with Crippen LogP contribution in [0.25, 0.3) is 0 Å². The Morgan fingerprint density at radius 1 is 1.19 bits per heavy atom. The molecule has 0 saturated heterocycles. The van der Waals surface area contributed by atoms with Crippen molar-refractivity contribution in [2.24, 2.45) is 5.92 Å². The lowest BCUT2D eigenvalue weighted by Crippen LogP contribution is -2.47. The number of nitrogens with one attached hydrogen (secondary N) is 3. The van der Waals surface area contributed by atoms with Gasteiger partial charge in [-0.2, -0.15) is 0 Å². The van der Waals surface area contributed by atoms with Crippen molar-refractivity contribution in [3.05, 3.63) is 34.9 Å². The van der Waals surface area contributed by atoms with Gasteiger partial charge in [-0.05, 0) is 55.1 Å². The van der Waals surface area contributed by atoms with E-state index in [1.807, 2.05) is 25.1 Å². The van der Waals surface area contributed by atoms with Crippen LogP contribution in [-0.2, 0) is 11.2 Å². The number of carbonyl (C=O) groups excluding carboxylic acids is 1. The highest BCUT2D eigenvalue weighted by Crippen LogP contribution is 2.10. The van der Waals surface area contributed by atoms with Crippen LogP contribution in [0.15, 0.2) is 18.2 Å². The predicted octanol–water partition coefficient (Wildman–Crippen LogP) is 2.39. The van der Waals surface area contributed by atoms with Crippen molar-refractivity contribution in [2.75, 3.05) is 6.54 Å². The first-order valence-corrected chi connectivity index (χ1v) is 7.68. The molecule has 0 radical (unpaired) electrons. The lowest BCUT2D eigenvalue weighted by molar-refractivity contribution is -0.121. The Morgan fingerprint density at radius 2 is 1.90 bits per heavy atom. The van der Waals surface area contributed by atoms with E-state index in [0.717, 1.165) is 18.5 Å². The molecule has 21 heavy (non-hydrogen) atoms. The Hall–Kier alpha value is -1.62. The molecule has 5 heteroatoms. The second-order valence-corrected chi connectivity index (χ2v) is 6.12. The summed E-state index contributed by atoms with van der Waals surface area (Å²) in [6.45, 7) is 9.22. The van der Waals surface area contributed by atoms with Crippen molar-refractivity contribution >= 4 is 23.2 Å². The predicted molar refractivity (Wildman–Crippen MR) is 91.0 cm³/mol. The molecule has 0 spiro atoms. The van der Waals surface area contributed by atoms with E-state index in [9.17, 15) is 4.79 Å². The van der Waals surface area contributed by atoms with Gasteiger partial charge in [0, 0.05) is 6.54 Å². The van der Waals surface area contributed by atoms with Crippen LogP contribution in [0.5, 0.6) is 0 Å². The summed E-state index contributed by atoms with van der Waals surface area (Å²) >= 11 is 5.09. The van der Waals surface area contributed by atoms with Gasteiger partial charge in [-0.3, -0.25) is 15.6 Å². The summed E-state index contributed by atoms with van der Waals surface area (Å²) < 4.78 is 0. The molecule has 0 saturated carbocycles. The van der Waals surface area contributed by atoms with Crippen LogP contribution < -0.4 is 16.2 Å². The highest BCUT2D eigenvalue weighted by Gasteiger charge is 2.05. The molecule has 116 valence electrons. The minimum atomic E-state index is -0.105. The third-order valence-electron chi connectivity index (χ3n) is 3.26. The van der Waals surface area contributed by atoms with Crippen LogP contribution in [0.2, 0.25) is 0 Å². The molecular weight excluding hydrogens is 282 g/mol. The number of amides is 1. The summed E-state index contributed by atoms with van der Waals surface area (Å²) in [6.07, 6.45) is 1.38. The van der Waals surface area contributed by atoms with Gasteiger partial charge >= 0.3 is 0 Å². The smallest absolute Gasteiger partial charge is 0.242 e. The van der Waals surface area contributed by atoms with Crippen molar-refractivity contribution in [1.82, 2.24) is 16.2 Å². The van der Waals surface area contributed by atoms with Gasteiger partial charge in [0.1, 0.15) is 0 Å². The average Bonchev–Trinajstić information content (AvgIpc) is 2.40. The van der Waals surface area contributed by atoms with Crippen molar-refractivity contribution in [2.45, 2.75) is 40.5 Å². The number of hydrazine groups is 1. The second kappa shape index (κ2) is 8.62. The quantitative estimate of drug-likeness (QED) is 0.577. The molecule has 0 aliphatic heterocycles. The van der Waals surface area contributed by atoms with E-state index >= 15 is 0 Å². The first-order chi connectivity index (χ1) is 9.88. The fraction of sp³-hybridized carbons (Fsp3) is 0.500. The van der Waals surface area contributed by atoms with E-state index in [4.69, 9.17) is 12.2 Å². The highest BCUT2D eigenvalue weighted by molar-refractivity contribution is 7.80. The summed E-state index contributed by atoms with van der Waals surface area (Å²) in [5.74, 6) is 0.519. The molecule has 0 aliphatic carbocycles. The Bertz CT molecular complexity index is 500. The highest BCUT2D eigenvalue weighted by atomic mass is 32.1. The molecule has 0 bridgehead atoms. The van der Waals surface area contributed by atoms with E-state index in [2.05, 4.69) is 36.9 Å². The van der Waals surface area contributed by atoms with Gasteiger partial charge in [-0.1, -0.05) is 32.0 Å². The van der Waals surface area contributed by atoms with Crippen LogP contribution in [-0.4, -0.2) is 17.6 Å². The molecule has 1 aromatic rings. The molecule has 0 heterocycles. The summed E-state index contributed by atoms with van der Waals surface area (Å²) in [5, 5.41) is 3.50. The molecule has 0 fully saturated rings. The van der Waals surface area contributed by atoms with Gasteiger partial charge in [0.15, 0.2) is 5.11 Å². The maximum atomic E-state index is 11.8. The van der Waals surface area contributed by atoms with Crippen molar-refractivity contribution in [1.29, 1.82) is 0 Å². The summed E-state index contributed by atoms with van der Waals surface area (Å²) in [7, 11) is 0. The molecular formula is C16H25N3OS. The largest absolute Gasteiger partial charge is 0.361 e. The van der Waals surface area contributed by atoms with Crippen LogP contribution >= 0.6 is 12.2 Å². The standard InChI is InChI=1S/C16H25N3OS/c1-11(2)7-8-17-16(21)19-18-15(20)10-14-6-5-12(3)13(4)9-14/h5-6,9,11H,7-8,10H2,1-4H3,(H,18,20)(H2,17,19,21). The van der Waals surface area contributed by atoms with Crippen molar-refractivity contribution in [3.63, 3.8) is 0 Å².